The zero-order valence-corrected chi connectivity index (χ0v) is 13.6. The van der Waals surface area contributed by atoms with E-state index >= 15 is 0 Å². The van der Waals surface area contributed by atoms with Crippen molar-refractivity contribution in [3.05, 3.63) is 58.1 Å². The number of carbonyl (C=O) groups excluding carboxylic acids is 2. The molecule has 0 saturated heterocycles. The smallest absolute Gasteiger partial charge is 0.340 e. The normalized spacial score (nSPS) is 10.2. The maximum Gasteiger partial charge on any atom is 0.340 e. The molecule has 3 N–H and O–H groups in total. The molecule has 2 aromatic rings. The summed E-state index contributed by atoms with van der Waals surface area (Å²) in [6, 6.07) is 10.2. The predicted octanol–water partition coefficient (Wildman–Crippen LogP) is 3.33. The van der Waals surface area contributed by atoms with Gasteiger partial charge in [0.15, 0.2) is 6.61 Å². The van der Waals surface area contributed by atoms with Crippen molar-refractivity contribution in [2.24, 2.45) is 0 Å². The molecule has 0 spiro atoms. The number of halogens is 1. The molecule has 0 unspecified atom stereocenters. The van der Waals surface area contributed by atoms with Gasteiger partial charge >= 0.3 is 5.97 Å². The average Bonchev–Trinajstić information content (AvgIpc) is 2.50. The first-order valence-electron chi connectivity index (χ1n) is 6.96. The first kappa shape index (κ1) is 16.8. The van der Waals surface area contributed by atoms with Crippen LogP contribution in [0.2, 0.25) is 5.02 Å². The number of benzene rings is 2. The van der Waals surface area contributed by atoms with Crippen molar-refractivity contribution in [3.8, 4) is 0 Å². The molecule has 5 nitrogen and oxygen atoms in total. The second-order valence-corrected chi connectivity index (χ2v) is 5.56. The van der Waals surface area contributed by atoms with E-state index in [0.717, 1.165) is 11.1 Å². The number of nitrogen functional groups attached to an aromatic ring is 1. The highest BCUT2D eigenvalue weighted by Crippen LogP contribution is 2.20. The van der Waals surface area contributed by atoms with Crippen LogP contribution in [-0.4, -0.2) is 18.5 Å². The van der Waals surface area contributed by atoms with E-state index < -0.39 is 18.5 Å². The van der Waals surface area contributed by atoms with E-state index in [0.29, 0.717) is 16.4 Å². The molecular weight excluding hydrogens is 316 g/mol. The molecule has 6 heteroatoms. The summed E-state index contributed by atoms with van der Waals surface area (Å²) < 4.78 is 5.00. The molecule has 0 bridgehead atoms. The first-order valence-corrected chi connectivity index (χ1v) is 7.34. The van der Waals surface area contributed by atoms with Gasteiger partial charge in [0.05, 0.1) is 5.56 Å². The summed E-state index contributed by atoms with van der Waals surface area (Å²) in [4.78, 5) is 23.9. The fourth-order valence-corrected chi connectivity index (χ4v) is 2.25. The Morgan fingerprint density at radius 2 is 1.91 bits per heavy atom. The van der Waals surface area contributed by atoms with Gasteiger partial charge in [0.25, 0.3) is 5.91 Å². The SMILES string of the molecule is Cc1cc(Cl)ccc1NC(=O)COC(=O)c1cccc(C)c1N. The molecule has 0 atom stereocenters. The quantitative estimate of drug-likeness (QED) is 0.664. The number of hydrogen-bond acceptors (Lipinski definition) is 4. The highest BCUT2D eigenvalue weighted by Gasteiger charge is 2.14. The van der Waals surface area contributed by atoms with E-state index in [4.69, 9.17) is 22.1 Å². The number of rotatable bonds is 4. The van der Waals surface area contributed by atoms with Crippen LogP contribution in [0.25, 0.3) is 0 Å². The minimum absolute atomic E-state index is 0.250. The first-order chi connectivity index (χ1) is 10.9. The largest absolute Gasteiger partial charge is 0.452 e. The van der Waals surface area contributed by atoms with Gasteiger partial charge in [0.2, 0.25) is 0 Å². The molecular formula is C17H17ClN2O3. The summed E-state index contributed by atoms with van der Waals surface area (Å²) in [5.41, 5.74) is 8.65. The summed E-state index contributed by atoms with van der Waals surface area (Å²) >= 11 is 5.86. The van der Waals surface area contributed by atoms with Gasteiger partial charge in [-0.3, -0.25) is 4.79 Å². The number of anilines is 2. The highest BCUT2D eigenvalue weighted by atomic mass is 35.5. The van der Waals surface area contributed by atoms with Crippen LogP contribution in [-0.2, 0) is 9.53 Å². The van der Waals surface area contributed by atoms with Gasteiger partial charge in [-0.25, -0.2) is 4.79 Å². The van der Waals surface area contributed by atoms with Crippen LogP contribution in [0.1, 0.15) is 21.5 Å². The minimum atomic E-state index is -0.630. The van der Waals surface area contributed by atoms with Crippen LogP contribution in [0.3, 0.4) is 0 Å². The molecule has 23 heavy (non-hydrogen) atoms. The molecule has 0 heterocycles. The number of ether oxygens (including phenoxy) is 1. The van der Waals surface area contributed by atoms with Crippen molar-refractivity contribution in [2.45, 2.75) is 13.8 Å². The molecule has 0 radical (unpaired) electrons. The Morgan fingerprint density at radius 3 is 2.61 bits per heavy atom. The maximum atomic E-state index is 12.0. The maximum absolute atomic E-state index is 12.0. The molecule has 0 aromatic heterocycles. The van der Waals surface area contributed by atoms with Crippen LogP contribution in [0, 0.1) is 13.8 Å². The van der Waals surface area contributed by atoms with Gasteiger partial charge in [-0.2, -0.15) is 0 Å². The Labute approximate surface area is 139 Å². The number of para-hydroxylation sites is 1. The Hall–Kier alpha value is -2.53. The Kier molecular flexibility index (Phi) is 5.24. The van der Waals surface area contributed by atoms with Crippen molar-refractivity contribution < 1.29 is 14.3 Å². The van der Waals surface area contributed by atoms with E-state index in [1.807, 2.05) is 6.92 Å². The summed E-state index contributed by atoms with van der Waals surface area (Å²) in [5.74, 6) is -1.07. The van der Waals surface area contributed by atoms with Crippen LogP contribution in [0.15, 0.2) is 36.4 Å². The van der Waals surface area contributed by atoms with Gasteiger partial charge in [0, 0.05) is 16.4 Å². The van der Waals surface area contributed by atoms with E-state index in [-0.39, 0.29) is 5.56 Å². The molecule has 0 saturated carbocycles. The van der Waals surface area contributed by atoms with Crippen molar-refractivity contribution in [3.63, 3.8) is 0 Å². The number of aryl methyl sites for hydroxylation is 2. The van der Waals surface area contributed by atoms with Gasteiger partial charge in [0.1, 0.15) is 0 Å². The lowest BCUT2D eigenvalue weighted by atomic mass is 10.1. The second-order valence-electron chi connectivity index (χ2n) is 5.12. The summed E-state index contributed by atoms with van der Waals surface area (Å²) in [6.45, 7) is 3.22. The van der Waals surface area contributed by atoms with E-state index in [2.05, 4.69) is 5.32 Å². The molecule has 0 aliphatic rings. The van der Waals surface area contributed by atoms with E-state index in [1.54, 1.807) is 43.3 Å². The Bertz CT molecular complexity index is 759. The fourth-order valence-electron chi connectivity index (χ4n) is 2.02. The van der Waals surface area contributed by atoms with Crippen molar-refractivity contribution in [1.82, 2.24) is 0 Å². The van der Waals surface area contributed by atoms with Crippen molar-refractivity contribution in [1.29, 1.82) is 0 Å². The van der Waals surface area contributed by atoms with Crippen LogP contribution >= 0.6 is 11.6 Å². The third-order valence-electron chi connectivity index (χ3n) is 3.34. The molecule has 2 rings (SSSR count). The van der Waals surface area contributed by atoms with E-state index in [9.17, 15) is 9.59 Å². The lowest BCUT2D eigenvalue weighted by Crippen LogP contribution is -2.21. The fraction of sp³-hybridized carbons (Fsp3) is 0.176. The summed E-state index contributed by atoms with van der Waals surface area (Å²) in [5, 5.41) is 3.25. The number of carbonyl (C=O) groups is 2. The van der Waals surface area contributed by atoms with Gasteiger partial charge < -0.3 is 15.8 Å². The molecule has 120 valence electrons. The monoisotopic (exact) mass is 332 g/mol. The molecule has 0 fully saturated rings. The molecule has 0 aliphatic heterocycles. The van der Waals surface area contributed by atoms with Crippen LogP contribution in [0.5, 0.6) is 0 Å². The lowest BCUT2D eigenvalue weighted by molar-refractivity contribution is -0.119. The number of hydrogen-bond donors (Lipinski definition) is 2. The van der Waals surface area contributed by atoms with Crippen LogP contribution < -0.4 is 11.1 Å². The second kappa shape index (κ2) is 7.15. The zero-order chi connectivity index (χ0) is 17.0. The number of nitrogens with one attached hydrogen (secondary N) is 1. The van der Waals surface area contributed by atoms with Gasteiger partial charge in [-0.1, -0.05) is 23.7 Å². The van der Waals surface area contributed by atoms with Crippen LogP contribution in [0.4, 0.5) is 11.4 Å². The third kappa shape index (κ3) is 4.23. The highest BCUT2D eigenvalue weighted by molar-refractivity contribution is 6.30. The van der Waals surface area contributed by atoms with Gasteiger partial charge in [-0.05, 0) is 49.2 Å². The lowest BCUT2D eigenvalue weighted by Gasteiger charge is -2.10. The number of esters is 1. The third-order valence-corrected chi connectivity index (χ3v) is 3.58. The van der Waals surface area contributed by atoms with Crippen molar-refractivity contribution >= 4 is 34.9 Å². The standard InChI is InChI=1S/C17H17ClN2O3/c1-10-4-3-5-13(16(10)19)17(22)23-9-15(21)20-14-7-6-12(18)8-11(14)2/h3-8H,9,19H2,1-2H3,(H,20,21). The number of amides is 1. The Morgan fingerprint density at radius 1 is 1.17 bits per heavy atom. The minimum Gasteiger partial charge on any atom is -0.452 e. The molecule has 0 aliphatic carbocycles. The zero-order valence-electron chi connectivity index (χ0n) is 12.9. The average molecular weight is 333 g/mol. The summed E-state index contributed by atoms with van der Waals surface area (Å²) in [6.07, 6.45) is 0. The molecule has 2 aromatic carbocycles. The predicted molar refractivity (Wildman–Crippen MR) is 90.7 cm³/mol. The Balaban J connectivity index is 1.96. The van der Waals surface area contributed by atoms with Crippen molar-refractivity contribution in [2.75, 3.05) is 17.7 Å². The number of nitrogens with two attached hydrogens (primary N) is 1. The van der Waals surface area contributed by atoms with E-state index in [1.165, 1.54) is 0 Å². The topological polar surface area (TPSA) is 81.4 Å². The summed E-state index contributed by atoms with van der Waals surface area (Å²) in [7, 11) is 0. The van der Waals surface area contributed by atoms with Gasteiger partial charge in [-0.15, -0.1) is 0 Å². The molecule has 1 amide bonds.